The van der Waals surface area contributed by atoms with E-state index in [9.17, 15) is 23.7 Å². The van der Waals surface area contributed by atoms with Crippen molar-refractivity contribution in [3.63, 3.8) is 0 Å². The molecular weight excluding hydrogens is 388 g/mol. The van der Waals surface area contributed by atoms with Crippen molar-refractivity contribution in [2.45, 2.75) is 39.2 Å². The van der Waals surface area contributed by atoms with Gasteiger partial charge in [0.05, 0.1) is 11.5 Å². The van der Waals surface area contributed by atoms with Crippen molar-refractivity contribution in [1.82, 2.24) is 4.90 Å². The van der Waals surface area contributed by atoms with Crippen LogP contribution in [0.4, 0.5) is 25.0 Å². The number of hydrogen-bond acceptors (Lipinski definition) is 6. The number of ether oxygens (including phenoxy) is 2. The molecular formula is C19H25F2N3O5. The molecule has 0 bridgehead atoms. The number of benzene rings is 1. The fourth-order valence-electron chi connectivity index (χ4n) is 4.16. The second kappa shape index (κ2) is 8.79. The van der Waals surface area contributed by atoms with Crippen molar-refractivity contribution in [3.8, 4) is 5.75 Å². The summed E-state index contributed by atoms with van der Waals surface area (Å²) in [6.45, 7) is 1.79. The van der Waals surface area contributed by atoms with Gasteiger partial charge in [-0.15, -0.1) is 0 Å². The van der Waals surface area contributed by atoms with E-state index < -0.39 is 23.0 Å². The van der Waals surface area contributed by atoms with Gasteiger partial charge in [-0.1, -0.05) is 0 Å². The fourth-order valence-corrected chi connectivity index (χ4v) is 4.16. The Bertz CT molecular complexity index is 743. The molecule has 2 saturated heterocycles. The van der Waals surface area contributed by atoms with E-state index in [4.69, 9.17) is 4.74 Å². The molecule has 0 saturated carbocycles. The average molecular weight is 413 g/mol. The summed E-state index contributed by atoms with van der Waals surface area (Å²) < 4.78 is 34.6. The van der Waals surface area contributed by atoms with Crippen molar-refractivity contribution < 1.29 is 28.0 Å². The number of likely N-dealkylation sites (tertiary alicyclic amines) is 1. The predicted octanol–water partition coefficient (Wildman–Crippen LogP) is 4.04. The third kappa shape index (κ3) is 4.86. The molecule has 2 heterocycles. The van der Waals surface area contributed by atoms with Gasteiger partial charge in [0.25, 0.3) is 0 Å². The molecule has 0 N–H and O–H groups in total. The van der Waals surface area contributed by atoms with Gasteiger partial charge in [-0.05, 0) is 44.1 Å². The van der Waals surface area contributed by atoms with Gasteiger partial charge in [0.15, 0.2) is 0 Å². The van der Waals surface area contributed by atoms with Crippen molar-refractivity contribution in [2.75, 3.05) is 37.7 Å². The summed E-state index contributed by atoms with van der Waals surface area (Å²) in [6.07, 6.45) is 3.36. The number of nitrogens with zero attached hydrogens (tertiary/aromatic N) is 3. The van der Waals surface area contributed by atoms with Crippen LogP contribution >= 0.6 is 0 Å². The van der Waals surface area contributed by atoms with Crippen LogP contribution in [-0.4, -0.2) is 55.3 Å². The molecule has 0 unspecified atom stereocenters. The third-order valence-electron chi connectivity index (χ3n) is 5.90. The zero-order valence-electron chi connectivity index (χ0n) is 16.3. The first kappa shape index (κ1) is 21.1. The van der Waals surface area contributed by atoms with Gasteiger partial charge in [-0.25, -0.2) is 4.79 Å². The Morgan fingerprint density at radius 3 is 2.38 bits per heavy atom. The summed E-state index contributed by atoms with van der Waals surface area (Å²) in [5.74, 6) is -0.425. The fraction of sp³-hybridized carbons (Fsp3) is 0.632. The Balaban J connectivity index is 1.62. The van der Waals surface area contributed by atoms with E-state index in [-0.39, 0.29) is 11.5 Å². The minimum atomic E-state index is -3.13. The van der Waals surface area contributed by atoms with Crippen LogP contribution < -0.4 is 9.64 Å². The summed E-state index contributed by atoms with van der Waals surface area (Å²) in [7, 11) is 0. The highest BCUT2D eigenvalue weighted by Gasteiger charge is 2.39. The van der Waals surface area contributed by atoms with Crippen molar-refractivity contribution >= 4 is 17.5 Å². The lowest BCUT2D eigenvalue weighted by Crippen LogP contribution is -2.48. The van der Waals surface area contributed by atoms with E-state index in [0.717, 1.165) is 25.7 Å². The van der Waals surface area contributed by atoms with Gasteiger partial charge >= 0.3 is 18.4 Å². The molecule has 2 aliphatic heterocycles. The van der Waals surface area contributed by atoms with Crippen LogP contribution in [0.15, 0.2) is 18.2 Å². The number of nitro benzene ring substituents is 1. The SMILES string of the molecule is CCOC(=O)N1CCC2(CC1)CCN(c1ccc([N+](=O)[O-])c(OC(F)F)c1)CC2. The molecule has 2 fully saturated rings. The first-order valence-electron chi connectivity index (χ1n) is 9.73. The van der Waals surface area contributed by atoms with Crippen molar-refractivity contribution in [3.05, 3.63) is 28.3 Å². The topological polar surface area (TPSA) is 85.2 Å². The Kier molecular flexibility index (Phi) is 6.39. The smallest absolute Gasteiger partial charge is 0.409 e. The molecule has 3 rings (SSSR count). The number of anilines is 1. The molecule has 1 aromatic rings. The molecule has 0 radical (unpaired) electrons. The van der Waals surface area contributed by atoms with Crippen LogP contribution in [0.1, 0.15) is 32.6 Å². The lowest BCUT2D eigenvalue weighted by molar-refractivity contribution is -0.386. The van der Waals surface area contributed by atoms with Gasteiger partial charge in [-0.3, -0.25) is 10.1 Å². The number of amides is 1. The second-order valence-corrected chi connectivity index (χ2v) is 7.46. The predicted molar refractivity (Wildman–Crippen MR) is 101 cm³/mol. The number of hydrogen-bond donors (Lipinski definition) is 0. The van der Waals surface area contributed by atoms with Gasteiger partial charge in [0.1, 0.15) is 0 Å². The summed E-state index contributed by atoms with van der Waals surface area (Å²) >= 11 is 0. The molecule has 2 aliphatic rings. The minimum Gasteiger partial charge on any atom is -0.450 e. The minimum absolute atomic E-state index is 0.155. The number of carbonyl (C=O) groups is 1. The monoisotopic (exact) mass is 413 g/mol. The summed E-state index contributed by atoms with van der Waals surface area (Å²) in [4.78, 5) is 26.0. The van der Waals surface area contributed by atoms with E-state index >= 15 is 0 Å². The Morgan fingerprint density at radius 1 is 1.21 bits per heavy atom. The second-order valence-electron chi connectivity index (χ2n) is 7.46. The van der Waals surface area contributed by atoms with E-state index in [1.807, 2.05) is 4.90 Å². The molecule has 8 nitrogen and oxygen atoms in total. The Labute approximate surface area is 167 Å². The molecule has 1 spiro atoms. The molecule has 0 aromatic heterocycles. The van der Waals surface area contributed by atoms with Crippen LogP contribution in [0.5, 0.6) is 5.75 Å². The highest BCUT2D eigenvalue weighted by Crippen LogP contribution is 2.43. The van der Waals surface area contributed by atoms with Crippen LogP contribution in [0.25, 0.3) is 0 Å². The molecule has 0 atom stereocenters. The van der Waals surface area contributed by atoms with E-state index in [1.54, 1.807) is 17.9 Å². The van der Waals surface area contributed by atoms with Crippen LogP contribution in [0, 0.1) is 15.5 Å². The number of piperidine rings is 2. The maximum absolute atomic E-state index is 12.6. The first-order chi connectivity index (χ1) is 13.8. The van der Waals surface area contributed by atoms with Crippen LogP contribution in [0.2, 0.25) is 0 Å². The molecule has 0 aliphatic carbocycles. The van der Waals surface area contributed by atoms with Gasteiger partial charge in [-0.2, -0.15) is 8.78 Å². The molecule has 160 valence electrons. The quantitative estimate of drug-likeness (QED) is 0.535. The number of alkyl halides is 2. The third-order valence-corrected chi connectivity index (χ3v) is 5.90. The normalized spacial score (nSPS) is 18.8. The van der Waals surface area contributed by atoms with Crippen LogP contribution in [-0.2, 0) is 4.74 Å². The first-order valence-corrected chi connectivity index (χ1v) is 9.73. The maximum Gasteiger partial charge on any atom is 0.409 e. The lowest BCUT2D eigenvalue weighted by Gasteiger charge is -2.47. The summed E-state index contributed by atoms with van der Waals surface area (Å²) in [6, 6.07) is 4.08. The van der Waals surface area contributed by atoms with Crippen LogP contribution in [0.3, 0.4) is 0 Å². The maximum atomic E-state index is 12.6. The zero-order valence-corrected chi connectivity index (χ0v) is 16.3. The Hall–Kier alpha value is -2.65. The number of carbonyl (C=O) groups excluding carboxylic acids is 1. The number of nitro groups is 1. The van der Waals surface area contributed by atoms with Gasteiger partial charge < -0.3 is 19.3 Å². The number of rotatable bonds is 5. The molecule has 1 aromatic carbocycles. The van der Waals surface area contributed by atoms with E-state index in [2.05, 4.69) is 4.74 Å². The largest absolute Gasteiger partial charge is 0.450 e. The van der Waals surface area contributed by atoms with Gasteiger partial charge in [0, 0.05) is 44.0 Å². The Morgan fingerprint density at radius 2 is 1.83 bits per heavy atom. The average Bonchev–Trinajstić information content (AvgIpc) is 2.68. The highest BCUT2D eigenvalue weighted by molar-refractivity contribution is 5.67. The van der Waals surface area contributed by atoms with Crippen molar-refractivity contribution in [1.29, 1.82) is 0 Å². The van der Waals surface area contributed by atoms with E-state index in [0.29, 0.717) is 38.5 Å². The number of halogens is 2. The van der Waals surface area contributed by atoms with E-state index in [1.165, 1.54) is 12.1 Å². The summed E-state index contributed by atoms with van der Waals surface area (Å²) in [5.41, 5.74) is 0.307. The molecule has 10 heteroatoms. The highest BCUT2D eigenvalue weighted by atomic mass is 19.3. The lowest BCUT2D eigenvalue weighted by atomic mass is 9.71. The molecule has 29 heavy (non-hydrogen) atoms. The summed E-state index contributed by atoms with van der Waals surface area (Å²) in [5, 5.41) is 11.0. The van der Waals surface area contributed by atoms with Crippen molar-refractivity contribution in [2.24, 2.45) is 5.41 Å². The molecule has 1 amide bonds. The standard InChI is InChI=1S/C19H25F2N3O5/c1-2-28-18(25)23-11-7-19(8-12-23)5-9-22(10-6-19)14-3-4-15(24(26)27)16(13-14)29-17(20)21/h3-4,13,17H,2,5-12H2,1H3. The van der Waals surface area contributed by atoms with Gasteiger partial charge in [0.2, 0.25) is 5.75 Å². The zero-order chi connectivity index (χ0) is 21.0.